The summed E-state index contributed by atoms with van der Waals surface area (Å²) in [6, 6.07) is 1.32. The number of hydrogen-bond donors (Lipinski definition) is 2. The van der Waals surface area contributed by atoms with Gasteiger partial charge in [-0.05, 0) is 5.92 Å². The van der Waals surface area contributed by atoms with E-state index in [0.717, 1.165) is 0 Å². The lowest BCUT2D eigenvalue weighted by atomic mass is 10.2. The van der Waals surface area contributed by atoms with E-state index in [2.05, 4.69) is 10.1 Å². The van der Waals surface area contributed by atoms with E-state index in [1.807, 2.05) is 19.9 Å². The van der Waals surface area contributed by atoms with Crippen molar-refractivity contribution in [1.82, 2.24) is 10.2 Å². The number of ether oxygens (including phenoxy) is 1. The number of nitriles is 1. The number of amides is 3. The standard InChI is InChI=1S/C12H19N3O5/c1-9(2)6-15(5-3-4-13)12(19)14-10(16)7-20-8-11(17)18/h9H,3,5-8H2,1-2H3,(H,17,18)(H,14,16,19). The van der Waals surface area contributed by atoms with Crippen LogP contribution in [0.5, 0.6) is 0 Å². The maximum atomic E-state index is 11.8. The minimum absolute atomic E-state index is 0.170. The van der Waals surface area contributed by atoms with Gasteiger partial charge in [0.05, 0.1) is 12.5 Å². The number of carboxylic acids is 1. The molecule has 0 rings (SSSR count). The van der Waals surface area contributed by atoms with E-state index < -0.39 is 31.1 Å². The van der Waals surface area contributed by atoms with E-state index in [1.165, 1.54) is 4.90 Å². The SMILES string of the molecule is CC(C)CN(CCC#N)C(=O)NC(=O)COCC(=O)O. The zero-order valence-corrected chi connectivity index (χ0v) is 11.6. The van der Waals surface area contributed by atoms with Crippen molar-refractivity contribution >= 4 is 17.9 Å². The van der Waals surface area contributed by atoms with E-state index in [0.29, 0.717) is 6.54 Å². The van der Waals surface area contributed by atoms with Gasteiger partial charge in [-0.1, -0.05) is 13.8 Å². The Labute approximate surface area is 117 Å². The van der Waals surface area contributed by atoms with Crippen LogP contribution in [0.3, 0.4) is 0 Å². The van der Waals surface area contributed by atoms with Crippen LogP contribution in [0.25, 0.3) is 0 Å². The number of carboxylic acid groups (broad SMARTS) is 1. The van der Waals surface area contributed by atoms with Gasteiger partial charge in [0, 0.05) is 13.1 Å². The second-order valence-electron chi connectivity index (χ2n) is 4.49. The van der Waals surface area contributed by atoms with Gasteiger partial charge in [-0.3, -0.25) is 10.1 Å². The Morgan fingerprint density at radius 2 is 2.00 bits per heavy atom. The van der Waals surface area contributed by atoms with Crippen LogP contribution < -0.4 is 5.32 Å². The molecule has 0 aromatic heterocycles. The molecule has 0 spiro atoms. The number of urea groups is 1. The van der Waals surface area contributed by atoms with E-state index in [1.54, 1.807) is 0 Å². The number of hydrogen-bond acceptors (Lipinski definition) is 5. The van der Waals surface area contributed by atoms with Gasteiger partial charge in [0.25, 0.3) is 5.91 Å². The minimum atomic E-state index is -1.19. The molecule has 20 heavy (non-hydrogen) atoms. The molecule has 0 fully saturated rings. The average Bonchev–Trinajstić information content (AvgIpc) is 2.33. The van der Waals surface area contributed by atoms with Gasteiger partial charge in [0.15, 0.2) is 0 Å². The molecule has 0 bridgehead atoms. The number of nitrogens with one attached hydrogen (secondary N) is 1. The Balaban J connectivity index is 4.25. The first-order valence-corrected chi connectivity index (χ1v) is 6.12. The normalized spacial score (nSPS) is 9.90. The lowest BCUT2D eigenvalue weighted by Crippen LogP contribution is -2.46. The Bertz CT molecular complexity index is 389. The van der Waals surface area contributed by atoms with Crippen LogP contribution in [0.15, 0.2) is 0 Å². The van der Waals surface area contributed by atoms with Crippen LogP contribution in [0.1, 0.15) is 20.3 Å². The fourth-order valence-electron chi connectivity index (χ4n) is 1.37. The predicted molar refractivity (Wildman–Crippen MR) is 68.6 cm³/mol. The van der Waals surface area contributed by atoms with Crippen LogP contribution in [0.2, 0.25) is 0 Å². The van der Waals surface area contributed by atoms with E-state index in [-0.39, 0.29) is 18.9 Å². The fraction of sp³-hybridized carbons (Fsp3) is 0.667. The van der Waals surface area contributed by atoms with Crippen molar-refractivity contribution < 1.29 is 24.2 Å². The van der Waals surface area contributed by atoms with Crippen LogP contribution >= 0.6 is 0 Å². The van der Waals surface area contributed by atoms with E-state index >= 15 is 0 Å². The first kappa shape index (κ1) is 17.9. The molecule has 0 heterocycles. The number of rotatable bonds is 8. The molecular weight excluding hydrogens is 266 g/mol. The highest BCUT2D eigenvalue weighted by Crippen LogP contribution is 2.00. The van der Waals surface area contributed by atoms with Gasteiger partial charge in [0.1, 0.15) is 13.2 Å². The number of carbonyl (C=O) groups is 3. The Hall–Kier alpha value is -2.14. The predicted octanol–water partition coefficient (Wildman–Crippen LogP) is 0.195. The van der Waals surface area contributed by atoms with Crippen molar-refractivity contribution in [3.05, 3.63) is 0 Å². The zero-order chi connectivity index (χ0) is 15.5. The molecule has 0 aliphatic heterocycles. The van der Waals surface area contributed by atoms with Crippen molar-refractivity contribution in [2.45, 2.75) is 20.3 Å². The van der Waals surface area contributed by atoms with E-state index in [4.69, 9.17) is 10.4 Å². The Morgan fingerprint density at radius 3 is 2.50 bits per heavy atom. The summed E-state index contributed by atoms with van der Waals surface area (Å²) < 4.78 is 4.57. The van der Waals surface area contributed by atoms with Crippen molar-refractivity contribution in [2.75, 3.05) is 26.3 Å². The van der Waals surface area contributed by atoms with Crippen LogP contribution in [-0.2, 0) is 14.3 Å². The smallest absolute Gasteiger partial charge is 0.329 e. The van der Waals surface area contributed by atoms with Gasteiger partial charge in [0.2, 0.25) is 0 Å². The molecule has 0 aromatic rings. The molecule has 8 nitrogen and oxygen atoms in total. The first-order valence-electron chi connectivity index (χ1n) is 6.12. The maximum Gasteiger partial charge on any atom is 0.329 e. The third-order valence-corrected chi connectivity index (χ3v) is 2.07. The zero-order valence-electron chi connectivity index (χ0n) is 11.6. The number of carbonyl (C=O) groups excluding carboxylic acids is 2. The van der Waals surface area contributed by atoms with Gasteiger partial charge in [-0.15, -0.1) is 0 Å². The largest absolute Gasteiger partial charge is 0.480 e. The van der Waals surface area contributed by atoms with Gasteiger partial charge < -0.3 is 14.7 Å². The molecule has 3 amide bonds. The third-order valence-electron chi connectivity index (χ3n) is 2.07. The molecule has 2 N–H and O–H groups in total. The van der Waals surface area contributed by atoms with Crippen LogP contribution in [0.4, 0.5) is 4.79 Å². The number of imide groups is 1. The second kappa shape index (κ2) is 9.75. The van der Waals surface area contributed by atoms with Crippen molar-refractivity contribution in [1.29, 1.82) is 5.26 Å². The molecule has 0 radical (unpaired) electrons. The molecule has 0 aromatic carbocycles. The summed E-state index contributed by atoms with van der Waals surface area (Å²) >= 11 is 0. The quantitative estimate of drug-likeness (QED) is 0.657. The molecule has 0 saturated carbocycles. The van der Waals surface area contributed by atoms with Gasteiger partial charge >= 0.3 is 12.0 Å². The highest BCUT2D eigenvalue weighted by Gasteiger charge is 2.17. The third kappa shape index (κ3) is 8.88. The monoisotopic (exact) mass is 285 g/mol. The lowest BCUT2D eigenvalue weighted by molar-refractivity contribution is -0.143. The first-order chi connectivity index (χ1) is 9.36. The van der Waals surface area contributed by atoms with Crippen LogP contribution in [0, 0.1) is 17.2 Å². The Kier molecular flexibility index (Phi) is 8.70. The number of nitrogens with zero attached hydrogens (tertiary/aromatic N) is 2. The molecule has 0 saturated heterocycles. The summed E-state index contributed by atoms with van der Waals surface area (Å²) in [5.41, 5.74) is 0. The molecule has 8 heteroatoms. The summed E-state index contributed by atoms with van der Waals surface area (Å²) in [4.78, 5) is 34.7. The summed E-state index contributed by atoms with van der Waals surface area (Å²) in [5, 5.41) is 18.9. The molecular formula is C12H19N3O5. The molecule has 0 unspecified atom stereocenters. The Morgan fingerprint density at radius 1 is 1.35 bits per heavy atom. The lowest BCUT2D eigenvalue weighted by Gasteiger charge is -2.23. The van der Waals surface area contributed by atoms with Crippen LogP contribution in [-0.4, -0.2) is 54.2 Å². The summed E-state index contributed by atoms with van der Waals surface area (Å²) in [6.07, 6.45) is 0.170. The molecule has 0 aliphatic carbocycles. The fourth-order valence-corrected chi connectivity index (χ4v) is 1.37. The van der Waals surface area contributed by atoms with Crippen molar-refractivity contribution in [3.63, 3.8) is 0 Å². The van der Waals surface area contributed by atoms with Gasteiger partial charge in [-0.2, -0.15) is 5.26 Å². The van der Waals surface area contributed by atoms with E-state index in [9.17, 15) is 14.4 Å². The number of aliphatic carboxylic acids is 1. The molecule has 0 atom stereocenters. The van der Waals surface area contributed by atoms with Crippen molar-refractivity contribution in [3.8, 4) is 6.07 Å². The average molecular weight is 285 g/mol. The van der Waals surface area contributed by atoms with Gasteiger partial charge in [-0.25, -0.2) is 9.59 Å². The minimum Gasteiger partial charge on any atom is -0.480 e. The highest BCUT2D eigenvalue weighted by molar-refractivity contribution is 5.95. The maximum absolute atomic E-state index is 11.8. The topological polar surface area (TPSA) is 120 Å². The molecule has 112 valence electrons. The van der Waals surface area contributed by atoms with Crippen molar-refractivity contribution in [2.24, 2.45) is 5.92 Å². The summed E-state index contributed by atoms with van der Waals surface area (Å²) in [5.74, 6) is -1.72. The second-order valence-corrected chi connectivity index (χ2v) is 4.49. The molecule has 0 aliphatic rings. The highest BCUT2D eigenvalue weighted by atomic mass is 16.5. The summed E-state index contributed by atoms with van der Waals surface area (Å²) in [7, 11) is 0. The summed E-state index contributed by atoms with van der Waals surface area (Å²) in [6.45, 7) is 3.34.